The zero-order valence-electron chi connectivity index (χ0n) is 10.9. The summed E-state index contributed by atoms with van der Waals surface area (Å²) in [6.07, 6.45) is 2.37. The molecule has 0 aliphatic carbocycles. The zero-order chi connectivity index (χ0) is 15.8. The van der Waals surface area contributed by atoms with Gasteiger partial charge in [-0.15, -0.1) is 0 Å². The van der Waals surface area contributed by atoms with E-state index in [0.29, 0.717) is 6.42 Å². The molecule has 0 bridgehead atoms. The summed E-state index contributed by atoms with van der Waals surface area (Å²) >= 11 is 0. The number of nitrogens with zero attached hydrogens (tertiary/aromatic N) is 1. The SMILES string of the molecule is CCc1cnc(Oc2ccc(F)c(F)c2)c(F)c1.O=C=O. The van der Waals surface area contributed by atoms with Crippen molar-refractivity contribution in [2.75, 3.05) is 0 Å². The van der Waals surface area contributed by atoms with Gasteiger partial charge in [-0.25, -0.2) is 18.2 Å². The highest BCUT2D eigenvalue weighted by Gasteiger charge is 2.09. The number of ether oxygens (including phenoxy) is 1. The quantitative estimate of drug-likeness (QED) is 0.872. The molecule has 1 aromatic carbocycles. The van der Waals surface area contributed by atoms with Gasteiger partial charge in [0.1, 0.15) is 5.75 Å². The number of rotatable bonds is 3. The van der Waals surface area contributed by atoms with Crippen LogP contribution in [0.2, 0.25) is 0 Å². The Morgan fingerprint density at radius 1 is 1.10 bits per heavy atom. The van der Waals surface area contributed by atoms with Gasteiger partial charge in [0.2, 0.25) is 0 Å². The maximum Gasteiger partial charge on any atom is 0.373 e. The number of benzene rings is 1. The first-order valence-corrected chi connectivity index (χ1v) is 5.78. The summed E-state index contributed by atoms with van der Waals surface area (Å²) in [6, 6.07) is 4.24. The average molecular weight is 297 g/mol. The number of aryl methyl sites for hydroxylation is 1. The fourth-order valence-electron chi connectivity index (χ4n) is 1.39. The molecule has 21 heavy (non-hydrogen) atoms. The molecular weight excluding hydrogens is 287 g/mol. The van der Waals surface area contributed by atoms with Crippen molar-refractivity contribution in [2.45, 2.75) is 13.3 Å². The Balaban J connectivity index is 0.000000677. The van der Waals surface area contributed by atoms with Crippen molar-refractivity contribution in [1.29, 1.82) is 0 Å². The van der Waals surface area contributed by atoms with Crippen LogP contribution in [-0.2, 0) is 16.0 Å². The number of halogens is 3. The van der Waals surface area contributed by atoms with Gasteiger partial charge in [0.15, 0.2) is 17.5 Å². The third-order valence-corrected chi connectivity index (χ3v) is 2.38. The van der Waals surface area contributed by atoms with Gasteiger partial charge >= 0.3 is 6.15 Å². The highest BCUT2D eigenvalue weighted by Crippen LogP contribution is 2.24. The average Bonchev–Trinajstić information content (AvgIpc) is 2.46. The van der Waals surface area contributed by atoms with Crippen LogP contribution >= 0.6 is 0 Å². The lowest BCUT2D eigenvalue weighted by Gasteiger charge is -2.06. The van der Waals surface area contributed by atoms with Crippen LogP contribution in [0.15, 0.2) is 30.5 Å². The minimum absolute atomic E-state index is 0.00968. The van der Waals surface area contributed by atoms with E-state index in [0.717, 1.165) is 17.7 Å². The molecule has 110 valence electrons. The minimum Gasteiger partial charge on any atom is -0.436 e. The molecule has 0 unspecified atom stereocenters. The first kappa shape index (κ1) is 16.4. The highest BCUT2D eigenvalue weighted by atomic mass is 19.2. The van der Waals surface area contributed by atoms with Gasteiger partial charge < -0.3 is 4.74 Å². The van der Waals surface area contributed by atoms with Crippen LogP contribution in [0.4, 0.5) is 13.2 Å². The predicted molar refractivity (Wildman–Crippen MR) is 65.0 cm³/mol. The van der Waals surface area contributed by atoms with E-state index in [9.17, 15) is 13.2 Å². The van der Waals surface area contributed by atoms with Gasteiger partial charge in [-0.05, 0) is 30.2 Å². The highest BCUT2D eigenvalue weighted by molar-refractivity contribution is 5.29. The number of hydrogen-bond acceptors (Lipinski definition) is 4. The molecule has 0 radical (unpaired) electrons. The standard InChI is InChI=1S/C13H10F3NO.CO2/c1-2-8-5-12(16)13(17-7-8)18-9-3-4-10(14)11(15)6-9;2-1-3/h3-7H,2H2,1H3;. The third kappa shape index (κ3) is 4.74. The summed E-state index contributed by atoms with van der Waals surface area (Å²) in [5, 5.41) is 0. The van der Waals surface area contributed by atoms with Crippen LogP contribution < -0.4 is 4.74 Å². The summed E-state index contributed by atoms with van der Waals surface area (Å²) in [4.78, 5) is 20.0. The lowest BCUT2D eigenvalue weighted by Crippen LogP contribution is -1.95. The molecule has 4 nitrogen and oxygen atoms in total. The maximum atomic E-state index is 13.5. The van der Waals surface area contributed by atoms with Crippen molar-refractivity contribution < 1.29 is 27.5 Å². The molecular formula is C14H10F3NO3. The molecule has 0 saturated carbocycles. The monoisotopic (exact) mass is 297 g/mol. The largest absolute Gasteiger partial charge is 0.436 e. The summed E-state index contributed by atoms with van der Waals surface area (Å²) in [5.74, 6) is -2.96. The van der Waals surface area contributed by atoms with E-state index < -0.39 is 17.5 Å². The van der Waals surface area contributed by atoms with Gasteiger partial charge in [0, 0.05) is 12.3 Å². The number of hydrogen-bond donors (Lipinski definition) is 0. The van der Waals surface area contributed by atoms with Crippen LogP contribution in [0.25, 0.3) is 0 Å². The molecule has 0 fully saturated rings. The summed E-state index contributed by atoms with van der Waals surface area (Å²) in [6.45, 7) is 1.87. The maximum absolute atomic E-state index is 13.5. The van der Waals surface area contributed by atoms with Gasteiger partial charge in [-0.2, -0.15) is 9.59 Å². The Kier molecular flexibility index (Phi) is 6.10. The zero-order valence-corrected chi connectivity index (χ0v) is 10.9. The molecule has 0 aliphatic heterocycles. The van der Waals surface area contributed by atoms with E-state index in [1.807, 2.05) is 6.92 Å². The predicted octanol–water partition coefficient (Wildman–Crippen LogP) is 3.27. The lowest BCUT2D eigenvalue weighted by atomic mass is 10.2. The van der Waals surface area contributed by atoms with Gasteiger partial charge in [-0.3, -0.25) is 0 Å². The van der Waals surface area contributed by atoms with E-state index in [2.05, 4.69) is 4.98 Å². The van der Waals surface area contributed by atoms with Crippen molar-refractivity contribution >= 4 is 6.15 Å². The second-order valence-electron chi connectivity index (χ2n) is 3.75. The Labute approximate surface area is 118 Å². The molecule has 7 heteroatoms. The molecule has 0 N–H and O–H groups in total. The van der Waals surface area contributed by atoms with Crippen LogP contribution in [0.3, 0.4) is 0 Å². The molecule has 2 aromatic rings. The van der Waals surface area contributed by atoms with Crippen molar-refractivity contribution in [2.24, 2.45) is 0 Å². The molecule has 0 amide bonds. The smallest absolute Gasteiger partial charge is 0.373 e. The summed E-state index contributed by atoms with van der Waals surface area (Å²) in [5.41, 5.74) is 0.727. The van der Waals surface area contributed by atoms with Crippen molar-refractivity contribution in [1.82, 2.24) is 4.98 Å². The van der Waals surface area contributed by atoms with Crippen LogP contribution in [0, 0.1) is 17.5 Å². The normalized spacial score (nSPS) is 9.33. The fourth-order valence-corrected chi connectivity index (χ4v) is 1.39. The van der Waals surface area contributed by atoms with Crippen molar-refractivity contribution in [3.8, 4) is 11.6 Å². The molecule has 2 rings (SSSR count). The van der Waals surface area contributed by atoms with E-state index in [4.69, 9.17) is 14.3 Å². The van der Waals surface area contributed by atoms with Gasteiger partial charge in [0.25, 0.3) is 5.88 Å². The third-order valence-electron chi connectivity index (χ3n) is 2.38. The Hall–Kier alpha value is -2.66. The Morgan fingerprint density at radius 3 is 2.29 bits per heavy atom. The molecule has 0 spiro atoms. The van der Waals surface area contributed by atoms with E-state index in [1.54, 1.807) is 0 Å². The van der Waals surface area contributed by atoms with E-state index in [-0.39, 0.29) is 17.8 Å². The summed E-state index contributed by atoms with van der Waals surface area (Å²) in [7, 11) is 0. The van der Waals surface area contributed by atoms with Crippen LogP contribution in [0.5, 0.6) is 11.6 Å². The van der Waals surface area contributed by atoms with Crippen molar-refractivity contribution in [3.05, 3.63) is 53.5 Å². The molecule has 0 aliphatic rings. The first-order chi connectivity index (χ1) is 10.0. The molecule has 0 saturated heterocycles. The van der Waals surface area contributed by atoms with Gasteiger partial charge in [-0.1, -0.05) is 6.92 Å². The summed E-state index contributed by atoms with van der Waals surface area (Å²) < 4.78 is 44.2. The first-order valence-electron chi connectivity index (χ1n) is 5.78. The number of aromatic nitrogens is 1. The molecule has 1 aromatic heterocycles. The lowest BCUT2D eigenvalue weighted by molar-refractivity contribution is -0.191. The van der Waals surface area contributed by atoms with Gasteiger partial charge in [0.05, 0.1) is 0 Å². The van der Waals surface area contributed by atoms with Crippen LogP contribution in [0.1, 0.15) is 12.5 Å². The molecule has 0 atom stereocenters. The number of carbonyl (C=O) groups excluding carboxylic acids is 2. The second kappa shape index (κ2) is 7.81. The van der Waals surface area contributed by atoms with E-state index >= 15 is 0 Å². The minimum atomic E-state index is -1.06. The van der Waals surface area contributed by atoms with Crippen LogP contribution in [-0.4, -0.2) is 11.1 Å². The fraction of sp³-hybridized carbons (Fsp3) is 0.143. The topological polar surface area (TPSA) is 56.3 Å². The van der Waals surface area contributed by atoms with E-state index in [1.165, 1.54) is 18.3 Å². The number of pyridine rings is 1. The second-order valence-corrected chi connectivity index (χ2v) is 3.75. The molecule has 1 heterocycles. The van der Waals surface area contributed by atoms with Crippen molar-refractivity contribution in [3.63, 3.8) is 0 Å². The Bertz CT molecular complexity index is 656. The Morgan fingerprint density at radius 2 is 1.76 bits per heavy atom.